The van der Waals surface area contributed by atoms with Gasteiger partial charge in [-0.1, -0.05) is 6.07 Å². The van der Waals surface area contributed by atoms with Gasteiger partial charge in [0.15, 0.2) is 5.60 Å². The second kappa shape index (κ2) is 4.58. The molecule has 0 radical (unpaired) electrons. The van der Waals surface area contributed by atoms with Gasteiger partial charge in [-0.2, -0.15) is 0 Å². The molecule has 3 fully saturated rings. The fourth-order valence-electron chi connectivity index (χ4n) is 7.57. The van der Waals surface area contributed by atoms with E-state index in [4.69, 9.17) is 0 Å². The molecule has 27 heavy (non-hydrogen) atoms. The predicted molar refractivity (Wildman–Crippen MR) is 98.1 cm³/mol. The van der Waals surface area contributed by atoms with Crippen LogP contribution in [0.5, 0.6) is 5.75 Å². The zero-order chi connectivity index (χ0) is 18.8. The number of phenols is 1. The van der Waals surface area contributed by atoms with Crippen LogP contribution < -0.4 is 0 Å². The number of carbonyl (C=O) groups is 1. The molecule has 4 aliphatic carbocycles. The number of hydrogen-bond acceptors (Lipinski definition) is 4. The highest BCUT2D eigenvalue weighted by molar-refractivity contribution is 5.87. The molecule has 1 aliphatic heterocycles. The highest BCUT2D eigenvalue weighted by atomic mass is 16.4. The first-order valence-corrected chi connectivity index (χ1v) is 10.4. The Morgan fingerprint density at radius 2 is 2.00 bits per heavy atom. The quantitative estimate of drug-likeness (QED) is 0.688. The van der Waals surface area contributed by atoms with E-state index in [0.717, 1.165) is 29.8 Å². The van der Waals surface area contributed by atoms with Crippen molar-refractivity contribution < 1.29 is 24.6 Å². The fraction of sp³-hybridized carbons (Fsp3) is 0.682. The van der Waals surface area contributed by atoms with Crippen molar-refractivity contribution in [2.75, 3.05) is 20.1 Å². The van der Waals surface area contributed by atoms with Crippen molar-refractivity contribution >= 4 is 5.78 Å². The summed E-state index contributed by atoms with van der Waals surface area (Å²) in [6.07, 6.45) is 4.67. The molecule has 144 valence electrons. The molecule has 1 aromatic carbocycles. The van der Waals surface area contributed by atoms with E-state index >= 15 is 0 Å². The monoisotopic (exact) mass is 370 g/mol. The maximum atomic E-state index is 12.9. The molecule has 1 aromatic rings. The molecular weight excluding hydrogens is 342 g/mol. The Kier molecular flexibility index (Phi) is 2.80. The average Bonchev–Trinajstić information content (AvgIpc) is 3.35. The normalized spacial score (nSPS) is 47.1. The topological polar surface area (TPSA) is 77.8 Å². The van der Waals surface area contributed by atoms with Crippen molar-refractivity contribution in [1.82, 2.24) is 0 Å². The number of rotatable bonds is 2. The van der Waals surface area contributed by atoms with Crippen LogP contribution in [0.1, 0.15) is 48.8 Å². The molecule has 5 nitrogen and oxygen atoms in total. The van der Waals surface area contributed by atoms with E-state index in [-0.39, 0.29) is 17.5 Å². The van der Waals surface area contributed by atoms with Gasteiger partial charge >= 0.3 is 0 Å². The van der Waals surface area contributed by atoms with Crippen molar-refractivity contribution in [3.8, 4) is 5.75 Å². The van der Waals surface area contributed by atoms with Crippen molar-refractivity contribution in [2.45, 2.75) is 61.7 Å². The van der Waals surface area contributed by atoms with Crippen molar-refractivity contribution in [1.29, 1.82) is 0 Å². The summed E-state index contributed by atoms with van der Waals surface area (Å²) in [6, 6.07) is 3.62. The molecular formula is C22H28NO4+. The molecule has 0 unspecified atom stereocenters. The summed E-state index contributed by atoms with van der Waals surface area (Å²) < 4.78 is 0.479. The highest BCUT2D eigenvalue weighted by Crippen LogP contribution is 2.68. The van der Waals surface area contributed by atoms with Gasteiger partial charge in [0.2, 0.25) is 5.72 Å². The molecule has 6 rings (SSSR count). The molecule has 5 heteroatoms. The summed E-state index contributed by atoms with van der Waals surface area (Å²) in [5.41, 5.74) is -0.478. The average molecular weight is 370 g/mol. The van der Waals surface area contributed by atoms with Gasteiger partial charge < -0.3 is 15.3 Å². The van der Waals surface area contributed by atoms with Crippen LogP contribution in [0.15, 0.2) is 12.1 Å². The van der Waals surface area contributed by atoms with Crippen LogP contribution in [0.4, 0.5) is 0 Å². The van der Waals surface area contributed by atoms with Gasteiger partial charge in [0, 0.05) is 30.1 Å². The van der Waals surface area contributed by atoms with E-state index in [1.54, 1.807) is 6.07 Å². The summed E-state index contributed by atoms with van der Waals surface area (Å²) in [6.45, 7) is 1.67. The number of nitrogens with zero attached hydrogens (tertiary/aromatic N) is 1. The SMILES string of the molecule is C[N@+]1(CC2CC2)CC[C@]23c4c5ccc(O)c4C[C@H]2C(=O)CC[C@@]3(O)[C@@]1(O)C5. The van der Waals surface area contributed by atoms with Crippen molar-refractivity contribution in [3.05, 3.63) is 28.8 Å². The third-order valence-corrected chi connectivity index (χ3v) is 9.03. The Morgan fingerprint density at radius 1 is 1.22 bits per heavy atom. The Bertz CT molecular complexity index is 895. The van der Waals surface area contributed by atoms with Gasteiger partial charge in [-0.25, -0.2) is 0 Å². The Morgan fingerprint density at radius 3 is 2.74 bits per heavy atom. The molecule has 1 heterocycles. The fourth-order valence-corrected chi connectivity index (χ4v) is 7.57. The number of carbonyl (C=O) groups excluding carboxylic acids is 1. The minimum atomic E-state index is -1.31. The zero-order valence-corrected chi connectivity index (χ0v) is 15.9. The maximum Gasteiger partial charge on any atom is 0.235 e. The van der Waals surface area contributed by atoms with Gasteiger partial charge in [0.25, 0.3) is 0 Å². The Labute approximate surface area is 159 Å². The van der Waals surface area contributed by atoms with Crippen LogP contribution in [-0.4, -0.2) is 57.0 Å². The molecule has 5 aliphatic rings. The van der Waals surface area contributed by atoms with Crippen molar-refractivity contribution in [2.24, 2.45) is 11.8 Å². The largest absolute Gasteiger partial charge is 0.508 e. The van der Waals surface area contributed by atoms with Gasteiger partial charge in [-0.15, -0.1) is 0 Å². The van der Waals surface area contributed by atoms with Gasteiger partial charge in [-0.05, 0) is 48.4 Å². The second-order valence-corrected chi connectivity index (χ2v) is 10.1. The number of phenolic OH excluding ortho intramolecular Hbond substituents is 1. The highest BCUT2D eigenvalue weighted by Gasteiger charge is 2.81. The number of aliphatic hydroxyl groups is 2. The van der Waals surface area contributed by atoms with Crippen LogP contribution in [0.25, 0.3) is 0 Å². The second-order valence-electron chi connectivity index (χ2n) is 10.1. The third kappa shape index (κ3) is 1.60. The molecule has 1 saturated heterocycles. The molecule has 2 bridgehead atoms. The first kappa shape index (κ1) is 16.5. The lowest BCUT2D eigenvalue weighted by Gasteiger charge is -2.69. The number of benzene rings is 1. The Hall–Kier alpha value is -1.43. The Balaban J connectivity index is 1.65. The number of likely N-dealkylation sites (N-methyl/N-ethyl adjacent to an activating group) is 1. The van der Waals surface area contributed by atoms with Gasteiger partial charge in [0.05, 0.1) is 26.6 Å². The number of quaternary nitrogens is 1. The number of ketones is 1. The van der Waals surface area contributed by atoms with Crippen LogP contribution in [0, 0.1) is 11.8 Å². The summed E-state index contributed by atoms with van der Waals surface area (Å²) >= 11 is 0. The third-order valence-electron chi connectivity index (χ3n) is 9.03. The van der Waals surface area contributed by atoms with Gasteiger partial charge in [-0.3, -0.25) is 9.28 Å². The molecule has 0 aromatic heterocycles. The summed E-state index contributed by atoms with van der Waals surface area (Å²) in [5, 5.41) is 35.0. The summed E-state index contributed by atoms with van der Waals surface area (Å²) in [5.74, 6) is 0.737. The van der Waals surface area contributed by atoms with Crippen molar-refractivity contribution in [3.63, 3.8) is 0 Å². The standard InChI is InChI=1S/C22H27NO4/c1-23(12-13-2-3-13)9-8-20-16-10-15-17(24)5-4-14(19(15)20)11-22(23,27)21(20,26)7-6-18(16)25/h4-5,13,16,26-27H,2-3,6-12H2,1H3/p+1/t16-,20+,21-,22-,23+/m0/s1. The zero-order valence-electron chi connectivity index (χ0n) is 15.9. The molecule has 5 atom stereocenters. The smallest absolute Gasteiger partial charge is 0.235 e. The van der Waals surface area contributed by atoms with E-state index in [2.05, 4.69) is 7.05 Å². The minimum Gasteiger partial charge on any atom is -0.508 e. The summed E-state index contributed by atoms with van der Waals surface area (Å²) in [7, 11) is 2.11. The molecule has 0 amide bonds. The number of aromatic hydroxyl groups is 1. The predicted octanol–water partition coefficient (Wildman–Crippen LogP) is 1.40. The van der Waals surface area contributed by atoms with E-state index in [1.807, 2.05) is 6.07 Å². The van der Waals surface area contributed by atoms with Crippen LogP contribution in [0.3, 0.4) is 0 Å². The van der Waals surface area contributed by atoms with Crippen LogP contribution >= 0.6 is 0 Å². The number of hydrogen-bond donors (Lipinski definition) is 3. The molecule has 1 spiro atoms. The molecule has 2 saturated carbocycles. The maximum absolute atomic E-state index is 12.9. The lowest BCUT2D eigenvalue weighted by atomic mass is 9.46. The number of piperidine rings is 1. The lowest BCUT2D eigenvalue weighted by Crippen LogP contribution is -2.86. The summed E-state index contributed by atoms with van der Waals surface area (Å²) in [4.78, 5) is 12.9. The van der Waals surface area contributed by atoms with Crippen LogP contribution in [-0.2, 0) is 23.1 Å². The first-order valence-electron chi connectivity index (χ1n) is 10.4. The van der Waals surface area contributed by atoms with Gasteiger partial charge in [0.1, 0.15) is 11.5 Å². The van der Waals surface area contributed by atoms with E-state index in [0.29, 0.717) is 42.5 Å². The van der Waals surface area contributed by atoms with E-state index in [1.165, 1.54) is 12.8 Å². The minimum absolute atomic E-state index is 0.184. The van der Waals surface area contributed by atoms with E-state index in [9.17, 15) is 20.1 Å². The lowest BCUT2D eigenvalue weighted by molar-refractivity contribution is -1.00. The number of Topliss-reactive ketones (excluding diaryl/α,β-unsaturated/α-hetero) is 1. The van der Waals surface area contributed by atoms with E-state index < -0.39 is 16.7 Å². The first-order chi connectivity index (χ1) is 12.8. The van der Waals surface area contributed by atoms with Crippen LogP contribution in [0.2, 0.25) is 0 Å². The number of likely N-dealkylation sites (tertiary alicyclic amines) is 1. The molecule has 3 N–H and O–H groups in total.